The quantitative estimate of drug-likeness (QED) is 0.644. The molecule has 0 atom stereocenters. The van der Waals surface area contributed by atoms with Crippen molar-refractivity contribution in [3.05, 3.63) is 58.6 Å². The Balaban J connectivity index is 2.05. The Bertz CT molecular complexity index is 680. The minimum atomic E-state index is -0.452. The van der Waals surface area contributed by atoms with Crippen molar-refractivity contribution in [1.29, 1.82) is 0 Å². The number of benzene rings is 1. The van der Waals surface area contributed by atoms with Crippen LogP contribution in [0.15, 0.2) is 47.4 Å². The summed E-state index contributed by atoms with van der Waals surface area (Å²) in [6.45, 7) is 0.428. The van der Waals surface area contributed by atoms with Gasteiger partial charge in [0.05, 0.1) is 0 Å². The van der Waals surface area contributed by atoms with Gasteiger partial charge in [0.15, 0.2) is 0 Å². The number of nitrogens with one attached hydrogen (secondary N) is 1. The smallest absolute Gasteiger partial charge is 0.306 e. The van der Waals surface area contributed by atoms with E-state index in [0.29, 0.717) is 24.9 Å². The Labute approximate surface area is 121 Å². The van der Waals surface area contributed by atoms with Crippen molar-refractivity contribution in [2.24, 2.45) is 0 Å². The number of anilines is 1. The van der Waals surface area contributed by atoms with Gasteiger partial charge >= 0.3 is 5.69 Å². The number of aromatic nitrogens is 2. The van der Waals surface area contributed by atoms with Gasteiger partial charge in [0.25, 0.3) is 5.91 Å². The van der Waals surface area contributed by atoms with Gasteiger partial charge in [0.1, 0.15) is 12.1 Å². The first-order valence-electron chi connectivity index (χ1n) is 6.58. The number of aryl methyl sites for hydroxylation is 1. The number of carbonyl (C=O) groups is 2. The van der Waals surface area contributed by atoms with Crippen LogP contribution in [0.5, 0.6) is 0 Å². The first-order valence-corrected chi connectivity index (χ1v) is 6.58. The summed E-state index contributed by atoms with van der Waals surface area (Å²) in [7, 11) is 0. The van der Waals surface area contributed by atoms with E-state index >= 15 is 0 Å². The van der Waals surface area contributed by atoms with Crippen LogP contribution in [0, 0.1) is 0 Å². The Morgan fingerprint density at radius 2 is 2.00 bits per heavy atom. The fourth-order valence-corrected chi connectivity index (χ4v) is 1.79. The van der Waals surface area contributed by atoms with Gasteiger partial charge in [0, 0.05) is 24.7 Å². The van der Waals surface area contributed by atoms with Crippen LogP contribution in [-0.2, 0) is 11.3 Å². The van der Waals surface area contributed by atoms with Crippen LogP contribution in [0.4, 0.5) is 5.82 Å². The van der Waals surface area contributed by atoms with E-state index in [1.807, 2.05) is 6.07 Å². The molecule has 0 unspecified atom stereocenters. The van der Waals surface area contributed by atoms with E-state index < -0.39 is 5.69 Å². The molecule has 2 rings (SSSR count). The Morgan fingerprint density at radius 1 is 1.24 bits per heavy atom. The molecule has 108 valence electrons. The van der Waals surface area contributed by atoms with Gasteiger partial charge in [-0.2, -0.15) is 4.98 Å². The molecule has 0 spiro atoms. The molecule has 1 aromatic heterocycles. The number of hydrogen-bond donors (Lipinski definition) is 1. The summed E-state index contributed by atoms with van der Waals surface area (Å²) < 4.78 is 1.40. The average molecular weight is 285 g/mol. The molecule has 0 aliphatic carbocycles. The fourth-order valence-electron chi connectivity index (χ4n) is 1.79. The lowest BCUT2D eigenvalue weighted by Crippen LogP contribution is -2.24. The predicted octanol–water partition coefficient (Wildman–Crippen LogP) is 1.47. The van der Waals surface area contributed by atoms with Gasteiger partial charge in [-0.1, -0.05) is 18.2 Å². The maximum absolute atomic E-state index is 11.9. The number of amides is 1. The lowest BCUT2D eigenvalue weighted by atomic mass is 10.2. The first kappa shape index (κ1) is 14.6. The zero-order chi connectivity index (χ0) is 15.1. The van der Waals surface area contributed by atoms with Gasteiger partial charge < -0.3 is 10.1 Å². The molecule has 21 heavy (non-hydrogen) atoms. The zero-order valence-electron chi connectivity index (χ0n) is 11.4. The van der Waals surface area contributed by atoms with Gasteiger partial charge in [-0.05, 0) is 24.6 Å². The standard InChI is InChI=1S/C15H15N3O3/c19-11-5-4-9-18-10-8-13(17-15(18)21)16-14(20)12-6-2-1-3-7-12/h1-3,6-8,10-11H,4-5,9H2,(H,16,17,20,21). The van der Waals surface area contributed by atoms with E-state index in [9.17, 15) is 14.4 Å². The monoisotopic (exact) mass is 285 g/mol. The molecule has 0 saturated heterocycles. The second kappa shape index (κ2) is 7.14. The normalized spacial score (nSPS) is 10.1. The molecule has 6 nitrogen and oxygen atoms in total. The molecule has 0 fully saturated rings. The second-order valence-corrected chi connectivity index (χ2v) is 4.42. The van der Waals surface area contributed by atoms with Crippen molar-refractivity contribution in [1.82, 2.24) is 9.55 Å². The van der Waals surface area contributed by atoms with E-state index in [1.54, 1.807) is 36.5 Å². The molecule has 1 amide bonds. The van der Waals surface area contributed by atoms with E-state index in [4.69, 9.17) is 0 Å². The highest BCUT2D eigenvalue weighted by Crippen LogP contribution is 2.04. The summed E-state index contributed by atoms with van der Waals surface area (Å²) >= 11 is 0. The minimum Gasteiger partial charge on any atom is -0.306 e. The van der Waals surface area contributed by atoms with Gasteiger partial charge in [-0.25, -0.2) is 4.79 Å². The van der Waals surface area contributed by atoms with Gasteiger partial charge in [0.2, 0.25) is 0 Å². The van der Waals surface area contributed by atoms with E-state index in [1.165, 1.54) is 4.57 Å². The lowest BCUT2D eigenvalue weighted by Gasteiger charge is -2.06. The summed E-state index contributed by atoms with van der Waals surface area (Å²) in [4.78, 5) is 37.7. The molecule has 6 heteroatoms. The molecular formula is C15H15N3O3. The van der Waals surface area contributed by atoms with Crippen LogP contribution in [0.3, 0.4) is 0 Å². The largest absolute Gasteiger partial charge is 0.349 e. The lowest BCUT2D eigenvalue weighted by molar-refractivity contribution is -0.107. The molecule has 0 aliphatic rings. The molecule has 1 heterocycles. The Morgan fingerprint density at radius 3 is 2.67 bits per heavy atom. The summed E-state index contributed by atoms with van der Waals surface area (Å²) in [5, 5.41) is 2.57. The first-order chi connectivity index (χ1) is 10.2. The van der Waals surface area contributed by atoms with E-state index in [-0.39, 0.29) is 11.7 Å². The van der Waals surface area contributed by atoms with Crippen LogP contribution in [-0.4, -0.2) is 21.7 Å². The maximum Gasteiger partial charge on any atom is 0.349 e. The van der Waals surface area contributed by atoms with Crippen molar-refractivity contribution in [3.8, 4) is 0 Å². The summed E-state index contributed by atoms with van der Waals surface area (Å²) in [6, 6.07) is 10.2. The molecule has 0 radical (unpaired) electrons. The molecule has 2 aromatic rings. The summed E-state index contributed by atoms with van der Waals surface area (Å²) in [6.07, 6.45) is 3.35. The highest BCUT2D eigenvalue weighted by molar-refractivity contribution is 6.03. The summed E-state index contributed by atoms with van der Waals surface area (Å²) in [5.74, 6) is -0.110. The molecule has 0 bridgehead atoms. The highest BCUT2D eigenvalue weighted by atomic mass is 16.2. The van der Waals surface area contributed by atoms with Crippen molar-refractivity contribution in [2.45, 2.75) is 19.4 Å². The van der Waals surface area contributed by atoms with Crippen LogP contribution in [0.1, 0.15) is 23.2 Å². The van der Waals surface area contributed by atoms with Crippen LogP contribution >= 0.6 is 0 Å². The van der Waals surface area contributed by atoms with Gasteiger partial charge in [-0.15, -0.1) is 0 Å². The minimum absolute atomic E-state index is 0.209. The topological polar surface area (TPSA) is 81.1 Å². The van der Waals surface area contributed by atoms with Crippen LogP contribution < -0.4 is 11.0 Å². The van der Waals surface area contributed by atoms with Crippen molar-refractivity contribution in [2.75, 3.05) is 5.32 Å². The average Bonchev–Trinajstić information content (AvgIpc) is 2.50. The molecule has 1 N–H and O–H groups in total. The number of rotatable bonds is 6. The van der Waals surface area contributed by atoms with E-state index in [2.05, 4.69) is 10.3 Å². The third-order valence-electron chi connectivity index (χ3n) is 2.87. The second-order valence-electron chi connectivity index (χ2n) is 4.42. The van der Waals surface area contributed by atoms with Crippen molar-refractivity contribution in [3.63, 3.8) is 0 Å². The maximum atomic E-state index is 11.9. The fraction of sp³-hybridized carbons (Fsp3) is 0.200. The van der Waals surface area contributed by atoms with Crippen molar-refractivity contribution < 1.29 is 9.59 Å². The summed E-state index contributed by atoms with van der Waals surface area (Å²) in [5.41, 5.74) is 0.0428. The third-order valence-corrected chi connectivity index (χ3v) is 2.87. The van der Waals surface area contributed by atoms with Gasteiger partial charge in [-0.3, -0.25) is 9.36 Å². The number of aldehydes is 1. The molecule has 0 saturated carbocycles. The number of unbranched alkanes of at least 4 members (excludes halogenated alkanes) is 1. The molecule has 1 aromatic carbocycles. The third kappa shape index (κ3) is 4.10. The number of hydrogen-bond acceptors (Lipinski definition) is 4. The van der Waals surface area contributed by atoms with Crippen LogP contribution in [0.2, 0.25) is 0 Å². The number of nitrogens with zero attached hydrogens (tertiary/aromatic N) is 2. The highest BCUT2D eigenvalue weighted by Gasteiger charge is 2.07. The molecular weight excluding hydrogens is 270 g/mol. The van der Waals surface area contributed by atoms with Crippen molar-refractivity contribution >= 4 is 18.0 Å². The predicted molar refractivity (Wildman–Crippen MR) is 78.2 cm³/mol. The zero-order valence-corrected chi connectivity index (χ0v) is 11.4. The number of carbonyl (C=O) groups excluding carboxylic acids is 2. The SMILES string of the molecule is O=CCCCn1ccc(NC(=O)c2ccccc2)nc1=O. The Kier molecular flexibility index (Phi) is 4.98. The Hall–Kier alpha value is -2.76. The van der Waals surface area contributed by atoms with Crippen LogP contribution in [0.25, 0.3) is 0 Å². The molecule has 0 aliphatic heterocycles. The van der Waals surface area contributed by atoms with E-state index in [0.717, 1.165) is 6.29 Å².